The van der Waals surface area contributed by atoms with Gasteiger partial charge in [0.25, 0.3) is 0 Å². The summed E-state index contributed by atoms with van der Waals surface area (Å²) in [6, 6.07) is 0.546. The molecule has 3 rings (SSSR count). The summed E-state index contributed by atoms with van der Waals surface area (Å²) in [7, 11) is 0. The Bertz CT molecular complexity index is 626. The highest BCUT2D eigenvalue weighted by Gasteiger charge is 2.26. The summed E-state index contributed by atoms with van der Waals surface area (Å²) in [5.41, 5.74) is 1.79. The largest absolute Gasteiger partial charge is 0.476 e. The molecule has 2 aromatic rings. The van der Waals surface area contributed by atoms with Gasteiger partial charge in [-0.3, -0.25) is 0 Å². The van der Waals surface area contributed by atoms with E-state index in [1.807, 2.05) is 19.4 Å². The number of imidazole rings is 1. The molecule has 1 fully saturated rings. The van der Waals surface area contributed by atoms with E-state index in [2.05, 4.69) is 19.9 Å². The van der Waals surface area contributed by atoms with Gasteiger partial charge >= 0.3 is 5.97 Å². The fraction of sp³-hybridized carbons (Fsp3) is 0.538. The molecule has 0 spiro atoms. The van der Waals surface area contributed by atoms with Gasteiger partial charge in [-0.15, -0.1) is 5.10 Å². The molecule has 0 atom stereocenters. The molecule has 2 heterocycles. The second-order valence-electron chi connectivity index (χ2n) is 5.12. The minimum Gasteiger partial charge on any atom is -0.476 e. The molecule has 2 aromatic heterocycles. The van der Waals surface area contributed by atoms with Gasteiger partial charge in [-0.2, -0.15) is 0 Å². The Balaban J connectivity index is 1.89. The first-order chi connectivity index (χ1) is 9.70. The Morgan fingerprint density at radius 2 is 2.30 bits per heavy atom. The van der Waals surface area contributed by atoms with Crippen LogP contribution in [0.5, 0.6) is 0 Å². The first-order valence-corrected chi connectivity index (χ1v) is 6.87. The lowest BCUT2D eigenvalue weighted by Gasteiger charge is -2.08. The molecule has 0 unspecified atom stereocenters. The van der Waals surface area contributed by atoms with Crippen LogP contribution >= 0.6 is 0 Å². The van der Waals surface area contributed by atoms with Crippen LogP contribution in [0.1, 0.15) is 54.1 Å². The van der Waals surface area contributed by atoms with Crippen LogP contribution in [0, 0.1) is 0 Å². The predicted octanol–water partition coefficient (Wildman–Crippen LogP) is 1.51. The predicted molar refractivity (Wildman–Crippen MR) is 70.6 cm³/mol. The number of rotatable bonds is 6. The van der Waals surface area contributed by atoms with Gasteiger partial charge in [0.2, 0.25) is 0 Å². The molecule has 0 bridgehead atoms. The highest BCUT2D eigenvalue weighted by Crippen LogP contribution is 2.35. The van der Waals surface area contributed by atoms with Gasteiger partial charge in [-0.1, -0.05) is 18.6 Å². The van der Waals surface area contributed by atoms with E-state index in [9.17, 15) is 4.79 Å². The van der Waals surface area contributed by atoms with E-state index in [0.717, 1.165) is 12.1 Å². The third-order valence-electron chi connectivity index (χ3n) is 3.53. The van der Waals surface area contributed by atoms with Crippen molar-refractivity contribution in [2.24, 2.45) is 0 Å². The molecule has 0 aromatic carbocycles. The summed E-state index contributed by atoms with van der Waals surface area (Å²) in [5.74, 6) is -1.02. The maximum Gasteiger partial charge on any atom is 0.358 e. The Morgan fingerprint density at radius 3 is 2.95 bits per heavy atom. The lowest BCUT2D eigenvalue weighted by atomic mass is 10.2. The highest BCUT2D eigenvalue weighted by atomic mass is 16.4. The monoisotopic (exact) mass is 275 g/mol. The van der Waals surface area contributed by atoms with E-state index >= 15 is 0 Å². The molecule has 20 heavy (non-hydrogen) atoms. The first kappa shape index (κ1) is 12.8. The number of carboxylic acids is 1. The number of nitrogens with zero attached hydrogens (tertiary/aromatic N) is 5. The van der Waals surface area contributed by atoms with Crippen LogP contribution < -0.4 is 0 Å². The van der Waals surface area contributed by atoms with Gasteiger partial charge in [-0.25, -0.2) is 14.5 Å². The van der Waals surface area contributed by atoms with Crippen LogP contribution in [0.3, 0.4) is 0 Å². The molecule has 0 saturated heterocycles. The third kappa shape index (κ3) is 2.31. The second kappa shape index (κ2) is 5.07. The third-order valence-corrected chi connectivity index (χ3v) is 3.53. The summed E-state index contributed by atoms with van der Waals surface area (Å²) in [5, 5.41) is 16.9. The van der Waals surface area contributed by atoms with Gasteiger partial charge in [0, 0.05) is 6.04 Å². The fourth-order valence-corrected chi connectivity index (χ4v) is 2.40. The van der Waals surface area contributed by atoms with E-state index in [0.29, 0.717) is 24.7 Å². The highest BCUT2D eigenvalue weighted by molar-refractivity contribution is 5.86. The van der Waals surface area contributed by atoms with Gasteiger partial charge < -0.3 is 9.67 Å². The Labute approximate surface area is 116 Å². The molecule has 7 nitrogen and oxygen atoms in total. The fourth-order valence-electron chi connectivity index (χ4n) is 2.40. The minimum absolute atomic E-state index is 0.0596. The summed E-state index contributed by atoms with van der Waals surface area (Å²) in [6.45, 7) is 2.53. The molecule has 0 radical (unpaired) electrons. The quantitative estimate of drug-likeness (QED) is 0.863. The lowest BCUT2D eigenvalue weighted by molar-refractivity contribution is 0.0689. The lowest BCUT2D eigenvalue weighted by Crippen LogP contribution is -2.12. The molecule has 7 heteroatoms. The van der Waals surface area contributed by atoms with Crippen molar-refractivity contribution in [3.63, 3.8) is 0 Å². The van der Waals surface area contributed by atoms with Crippen molar-refractivity contribution in [3.8, 4) is 0 Å². The summed E-state index contributed by atoms with van der Waals surface area (Å²) >= 11 is 0. The van der Waals surface area contributed by atoms with Gasteiger partial charge in [0.15, 0.2) is 5.69 Å². The molecular formula is C13H17N5O2. The molecule has 1 aliphatic carbocycles. The van der Waals surface area contributed by atoms with E-state index in [1.165, 1.54) is 12.8 Å². The maximum atomic E-state index is 11.2. The van der Waals surface area contributed by atoms with Crippen molar-refractivity contribution in [1.82, 2.24) is 24.5 Å². The summed E-state index contributed by atoms with van der Waals surface area (Å²) in [6.07, 6.45) is 7.53. The van der Waals surface area contributed by atoms with E-state index in [-0.39, 0.29) is 5.69 Å². The zero-order chi connectivity index (χ0) is 14.1. The van der Waals surface area contributed by atoms with Crippen LogP contribution in [0.4, 0.5) is 0 Å². The molecule has 0 aliphatic heterocycles. The van der Waals surface area contributed by atoms with Crippen LogP contribution in [0.15, 0.2) is 12.5 Å². The van der Waals surface area contributed by atoms with Crippen LogP contribution in [0.2, 0.25) is 0 Å². The molecule has 1 N–H and O–H groups in total. The standard InChI is InChI=1S/C13H17N5O2/c1-2-3-11-12(13(19)20)15-16-18(11)7-10-6-14-8-17(10)9-4-5-9/h6,8-9H,2-5,7H2,1H3,(H,19,20). The Kier molecular flexibility index (Phi) is 3.25. The first-order valence-electron chi connectivity index (χ1n) is 6.87. The van der Waals surface area contributed by atoms with Crippen LogP contribution in [0.25, 0.3) is 0 Å². The molecule has 1 saturated carbocycles. The topological polar surface area (TPSA) is 85.8 Å². The normalized spacial score (nSPS) is 14.7. The van der Waals surface area contributed by atoms with Crippen LogP contribution in [-0.4, -0.2) is 35.6 Å². The number of hydrogen-bond acceptors (Lipinski definition) is 4. The van der Waals surface area contributed by atoms with Gasteiger partial charge in [0.1, 0.15) is 0 Å². The molecule has 0 amide bonds. The Hall–Kier alpha value is -2.18. The van der Waals surface area contributed by atoms with Crippen molar-refractivity contribution in [2.45, 2.75) is 45.2 Å². The van der Waals surface area contributed by atoms with Crippen molar-refractivity contribution in [3.05, 3.63) is 29.6 Å². The minimum atomic E-state index is -1.02. The number of carbonyl (C=O) groups is 1. The summed E-state index contributed by atoms with van der Waals surface area (Å²) < 4.78 is 3.83. The van der Waals surface area contributed by atoms with Crippen molar-refractivity contribution >= 4 is 5.97 Å². The summed E-state index contributed by atoms with van der Waals surface area (Å²) in [4.78, 5) is 15.3. The van der Waals surface area contributed by atoms with Crippen LogP contribution in [-0.2, 0) is 13.0 Å². The average Bonchev–Trinajstić information content (AvgIpc) is 3.03. The smallest absolute Gasteiger partial charge is 0.358 e. The van der Waals surface area contributed by atoms with E-state index < -0.39 is 5.97 Å². The SMILES string of the molecule is CCCc1c(C(=O)O)nnn1Cc1cncn1C1CC1. The zero-order valence-electron chi connectivity index (χ0n) is 11.4. The molecule has 106 valence electrons. The molecule has 1 aliphatic rings. The number of aromatic nitrogens is 5. The second-order valence-corrected chi connectivity index (χ2v) is 5.12. The Morgan fingerprint density at radius 1 is 1.50 bits per heavy atom. The average molecular weight is 275 g/mol. The zero-order valence-corrected chi connectivity index (χ0v) is 11.4. The van der Waals surface area contributed by atoms with Crippen molar-refractivity contribution in [1.29, 1.82) is 0 Å². The van der Waals surface area contributed by atoms with Gasteiger partial charge in [-0.05, 0) is 19.3 Å². The number of carboxylic acid groups (broad SMARTS) is 1. The van der Waals surface area contributed by atoms with Crippen molar-refractivity contribution in [2.75, 3.05) is 0 Å². The van der Waals surface area contributed by atoms with Gasteiger partial charge in [0.05, 0.1) is 30.5 Å². The number of hydrogen-bond donors (Lipinski definition) is 1. The molecular weight excluding hydrogens is 258 g/mol. The van der Waals surface area contributed by atoms with E-state index in [1.54, 1.807) is 4.68 Å². The maximum absolute atomic E-state index is 11.2. The number of aromatic carboxylic acids is 1. The van der Waals surface area contributed by atoms with Crippen molar-refractivity contribution < 1.29 is 9.90 Å². The van der Waals surface area contributed by atoms with E-state index in [4.69, 9.17) is 5.11 Å².